The molecule has 0 radical (unpaired) electrons. The van der Waals surface area contributed by atoms with E-state index in [1.54, 1.807) is 24.3 Å². The van der Waals surface area contributed by atoms with Gasteiger partial charge in [0.05, 0.1) is 4.75 Å². The van der Waals surface area contributed by atoms with Gasteiger partial charge in [0.2, 0.25) is 5.91 Å². The van der Waals surface area contributed by atoms with E-state index in [0.717, 1.165) is 0 Å². The third-order valence-corrected chi connectivity index (χ3v) is 6.31. The minimum Gasteiger partial charge on any atom is -0.481 e. The molecule has 1 aromatic carbocycles. The van der Waals surface area contributed by atoms with Crippen LogP contribution in [0.2, 0.25) is 0 Å². The molecule has 6 nitrogen and oxygen atoms in total. The minimum atomic E-state index is -3.61. The molecule has 0 saturated carbocycles. The fourth-order valence-electron chi connectivity index (χ4n) is 2.31. The Labute approximate surface area is 129 Å². The van der Waals surface area contributed by atoms with Crippen molar-refractivity contribution in [3.63, 3.8) is 0 Å². The number of carbonyl (C=O) groups excluding carboxylic acids is 1. The molecule has 1 aliphatic rings. The summed E-state index contributed by atoms with van der Waals surface area (Å²) in [6.07, 6.45) is 0. The molecular formula is C15H19NO5S. The lowest BCUT2D eigenvalue weighted by Crippen LogP contribution is -2.40. The Morgan fingerprint density at radius 2 is 1.86 bits per heavy atom. The van der Waals surface area contributed by atoms with E-state index in [9.17, 15) is 23.1 Å². The van der Waals surface area contributed by atoms with Crippen LogP contribution in [0.25, 0.3) is 0 Å². The normalized spacial score (nSPS) is 18.1. The Kier molecular flexibility index (Phi) is 4.04. The number of aliphatic carboxylic acids is 1. The average Bonchev–Trinajstić information content (AvgIpc) is 2.76. The molecule has 1 aromatic rings. The van der Waals surface area contributed by atoms with E-state index in [1.165, 1.54) is 25.7 Å². The highest BCUT2D eigenvalue weighted by Gasteiger charge is 2.39. The number of hydrogen-bond acceptors (Lipinski definition) is 4. The van der Waals surface area contributed by atoms with Crippen molar-refractivity contribution < 1.29 is 23.1 Å². The number of para-hydroxylation sites is 1. The first kappa shape index (κ1) is 16.5. The highest BCUT2D eigenvalue weighted by atomic mass is 32.2. The second-order valence-electron chi connectivity index (χ2n) is 6.33. The summed E-state index contributed by atoms with van der Waals surface area (Å²) < 4.78 is 23.3. The zero-order valence-corrected chi connectivity index (χ0v) is 13.6. The molecule has 1 heterocycles. The summed E-state index contributed by atoms with van der Waals surface area (Å²) in [5, 5.41) is 9.27. The van der Waals surface area contributed by atoms with Crippen molar-refractivity contribution in [1.29, 1.82) is 0 Å². The summed E-state index contributed by atoms with van der Waals surface area (Å²) in [4.78, 5) is 25.0. The van der Waals surface area contributed by atoms with Gasteiger partial charge in [0.15, 0.2) is 9.84 Å². The number of sulfone groups is 1. The first-order valence-electron chi connectivity index (χ1n) is 6.89. The van der Waals surface area contributed by atoms with Crippen LogP contribution in [0.4, 0.5) is 5.69 Å². The molecule has 0 fully saturated rings. The first-order valence-corrected chi connectivity index (χ1v) is 8.54. The molecule has 0 bridgehead atoms. The number of anilines is 1. The highest BCUT2D eigenvalue weighted by molar-refractivity contribution is 7.93. The predicted octanol–water partition coefficient (Wildman–Crippen LogP) is 1.41. The van der Waals surface area contributed by atoms with Crippen LogP contribution in [-0.2, 0) is 19.4 Å². The number of hydrogen-bond donors (Lipinski definition) is 1. The molecule has 1 amide bonds. The monoisotopic (exact) mass is 325 g/mol. The van der Waals surface area contributed by atoms with Crippen molar-refractivity contribution in [2.75, 3.05) is 17.2 Å². The largest absolute Gasteiger partial charge is 0.481 e. The van der Waals surface area contributed by atoms with Gasteiger partial charge < -0.3 is 10.0 Å². The average molecular weight is 325 g/mol. The number of fused-ring (bicyclic) bond motifs is 1. The number of carbonyl (C=O) groups is 2. The van der Waals surface area contributed by atoms with Gasteiger partial charge in [0.1, 0.15) is 11.7 Å². The summed E-state index contributed by atoms with van der Waals surface area (Å²) in [5.74, 6) is -3.07. The quantitative estimate of drug-likeness (QED) is 0.907. The van der Waals surface area contributed by atoms with Crippen molar-refractivity contribution in [3.8, 4) is 0 Å². The van der Waals surface area contributed by atoms with Gasteiger partial charge in [0, 0.05) is 12.2 Å². The van der Waals surface area contributed by atoms with Gasteiger partial charge >= 0.3 is 5.97 Å². The third-order valence-electron chi connectivity index (χ3n) is 3.81. The van der Waals surface area contributed by atoms with E-state index in [-0.39, 0.29) is 6.54 Å². The summed E-state index contributed by atoms with van der Waals surface area (Å²) in [7, 11) is -3.61. The number of nitrogens with zero attached hydrogens (tertiary/aromatic N) is 1. The van der Waals surface area contributed by atoms with Crippen LogP contribution in [0.3, 0.4) is 0 Å². The summed E-state index contributed by atoms with van der Waals surface area (Å²) in [6.45, 7) is 4.57. The lowest BCUT2D eigenvalue weighted by Gasteiger charge is -2.22. The van der Waals surface area contributed by atoms with Crippen molar-refractivity contribution in [1.82, 2.24) is 0 Å². The third kappa shape index (κ3) is 2.85. The zero-order chi connectivity index (χ0) is 16.7. The van der Waals surface area contributed by atoms with Gasteiger partial charge in [-0.2, -0.15) is 0 Å². The Morgan fingerprint density at radius 3 is 2.41 bits per heavy atom. The molecule has 7 heteroatoms. The van der Waals surface area contributed by atoms with Crippen molar-refractivity contribution in [3.05, 3.63) is 29.8 Å². The first-order chi connectivity index (χ1) is 10.0. The minimum absolute atomic E-state index is 0.0345. The molecule has 0 spiro atoms. The Balaban J connectivity index is 2.32. The lowest BCUT2D eigenvalue weighted by molar-refractivity contribution is -0.138. The number of carboxylic acids is 1. The number of benzene rings is 1. The van der Waals surface area contributed by atoms with Crippen LogP contribution in [-0.4, -0.2) is 42.4 Å². The Bertz CT molecular complexity index is 718. The number of amides is 1. The van der Waals surface area contributed by atoms with Crippen LogP contribution in [0.15, 0.2) is 24.3 Å². The molecule has 1 unspecified atom stereocenters. The smallest absolute Gasteiger partial charge is 0.312 e. The van der Waals surface area contributed by atoms with Gasteiger partial charge in [-0.25, -0.2) is 8.42 Å². The molecule has 0 aliphatic carbocycles. The maximum Gasteiger partial charge on any atom is 0.312 e. The number of carboxylic acid groups (broad SMARTS) is 1. The summed E-state index contributed by atoms with van der Waals surface area (Å²) >= 11 is 0. The molecule has 2 rings (SSSR count). The molecule has 0 aromatic heterocycles. The van der Waals surface area contributed by atoms with Crippen LogP contribution >= 0.6 is 0 Å². The van der Waals surface area contributed by atoms with Gasteiger partial charge in [-0.3, -0.25) is 9.59 Å². The van der Waals surface area contributed by atoms with E-state index < -0.39 is 38.1 Å². The zero-order valence-electron chi connectivity index (χ0n) is 12.7. The van der Waals surface area contributed by atoms with E-state index >= 15 is 0 Å². The SMILES string of the molecule is CC(C)(C)S(=O)(=O)CC(=O)N1CC(C(=O)O)c2ccccc21. The van der Waals surface area contributed by atoms with E-state index in [0.29, 0.717) is 11.3 Å². The standard InChI is InChI=1S/C15H19NO5S/c1-15(2,3)22(20,21)9-13(17)16-8-11(14(18)19)10-6-4-5-7-12(10)16/h4-7,11H,8-9H2,1-3H3,(H,18,19). The Morgan fingerprint density at radius 1 is 1.27 bits per heavy atom. The van der Waals surface area contributed by atoms with Crippen LogP contribution in [0.5, 0.6) is 0 Å². The van der Waals surface area contributed by atoms with Gasteiger partial charge in [-0.05, 0) is 32.4 Å². The van der Waals surface area contributed by atoms with E-state index in [4.69, 9.17) is 0 Å². The van der Waals surface area contributed by atoms with Gasteiger partial charge in [-0.15, -0.1) is 0 Å². The summed E-state index contributed by atoms with van der Waals surface area (Å²) in [5.41, 5.74) is 1.01. The second kappa shape index (κ2) is 5.39. The van der Waals surface area contributed by atoms with Crippen molar-refractivity contribution >= 4 is 27.4 Å². The van der Waals surface area contributed by atoms with Crippen molar-refractivity contribution in [2.24, 2.45) is 0 Å². The summed E-state index contributed by atoms with van der Waals surface area (Å²) in [6, 6.07) is 6.69. The molecule has 1 N–H and O–H groups in total. The maximum atomic E-state index is 12.4. The van der Waals surface area contributed by atoms with E-state index in [2.05, 4.69) is 0 Å². The molecule has 0 saturated heterocycles. The molecule has 1 aliphatic heterocycles. The van der Waals surface area contributed by atoms with Crippen LogP contribution in [0.1, 0.15) is 32.3 Å². The highest BCUT2D eigenvalue weighted by Crippen LogP contribution is 2.36. The van der Waals surface area contributed by atoms with Crippen LogP contribution < -0.4 is 4.90 Å². The predicted molar refractivity (Wildman–Crippen MR) is 82.7 cm³/mol. The molecule has 1 atom stereocenters. The molecule has 22 heavy (non-hydrogen) atoms. The van der Waals surface area contributed by atoms with Crippen LogP contribution in [0, 0.1) is 0 Å². The fraction of sp³-hybridized carbons (Fsp3) is 0.467. The maximum absolute atomic E-state index is 12.4. The van der Waals surface area contributed by atoms with E-state index in [1.807, 2.05) is 0 Å². The number of rotatable bonds is 3. The fourth-order valence-corrected chi connectivity index (χ4v) is 3.23. The van der Waals surface area contributed by atoms with Gasteiger partial charge in [0.25, 0.3) is 0 Å². The second-order valence-corrected chi connectivity index (χ2v) is 9.07. The molecular weight excluding hydrogens is 306 g/mol. The van der Waals surface area contributed by atoms with Crippen molar-refractivity contribution in [2.45, 2.75) is 31.4 Å². The molecule has 120 valence electrons. The Hall–Kier alpha value is -1.89. The lowest BCUT2D eigenvalue weighted by atomic mass is 10.0. The van der Waals surface area contributed by atoms with Gasteiger partial charge in [-0.1, -0.05) is 18.2 Å². The topological polar surface area (TPSA) is 91.8 Å².